The Morgan fingerprint density at radius 3 is 2.29 bits per heavy atom. The van der Waals surface area contributed by atoms with Crippen molar-refractivity contribution in [3.63, 3.8) is 0 Å². The molecule has 158 valence electrons. The summed E-state index contributed by atoms with van der Waals surface area (Å²) in [6, 6.07) is 11.7. The van der Waals surface area contributed by atoms with Gasteiger partial charge in [-0.05, 0) is 98.2 Å². The fraction of sp³-hybridized carbons (Fsp3) is 0.385. The fourth-order valence-electron chi connectivity index (χ4n) is 5.73. The molecule has 0 aliphatic heterocycles. The van der Waals surface area contributed by atoms with Crippen LogP contribution in [0.15, 0.2) is 48.7 Å². The monoisotopic (exact) mass is 417 g/mol. The number of fused-ring (bicyclic) bond motifs is 2. The molecule has 0 saturated heterocycles. The molecule has 1 N–H and O–H groups in total. The summed E-state index contributed by atoms with van der Waals surface area (Å²) >= 11 is 0. The number of hydrogen-bond acceptors (Lipinski definition) is 2. The van der Waals surface area contributed by atoms with Gasteiger partial charge in [-0.3, -0.25) is 4.98 Å². The van der Waals surface area contributed by atoms with E-state index in [2.05, 4.69) is 16.0 Å². The Bertz CT molecular complexity index is 1250. The number of aromatic nitrogens is 3. The number of rotatable bonds is 4. The average molecular weight is 418 g/mol. The van der Waals surface area contributed by atoms with Crippen LogP contribution in [0.2, 0.25) is 0 Å². The van der Waals surface area contributed by atoms with E-state index in [1.807, 2.05) is 6.20 Å². The summed E-state index contributed by atoms with van der Waals surface area (Å²) in [6.45, 7) is 0. The highest BCUT2D eigenvalue weighted by Gasteiger charge is 2.41. The van der Waals surface area contributed by atoms with E-state index in [0.29, 0.717) is 23.7 Å². The van der Waals surface area contributed by atoms with Crippen LogP contribution in [0.25, 0.3) is 21.9 Å². The van der Waals surface area contributed by atoms with Gasteiger partial charge in [0.2, 0.25) is 0 Å². The van der Waals surface area contributed by atoms with Gasteiger partial charge < -0.3 is 4.98 Å². The Morgan fingerprint density at radius 1 is 0.806 bits per heavy atom. The highest BCUT2D eigenvalue weighted by atomic mass is 19.1. The lowest BCUT2D eigenvalue weighted by Gasteiger charge is -2.34. The van der Waals surface area contributed by atoms with Gasteiger partial charge in [-0.25, -0.2) is 13.8 Å². The van der Waals surface area contributed by atoms with Crippen molar-refractivity contribution in [2.75, 3.05) is 0 Å². The van der Waals surface area contributed by atoms with E-state index >= 15 is 0 Å². The van der Waals surface area contributed by atoms with Crippen molar-refractivity contribution >= 4 is 21.9 Å². The lowest BCUT2D eigenvalue weighted by molar-refractivity contribution is 0.259. The molecule has 2 aromatic carbocycles. The summed E-state index contributed by atoms with van der Waals surface area (Å²) in [5.41, 5.74) is 3.73. The molecule has 4 aromatic rings. The molecular formula is C26H25F2N3. The van der Waals surface area contributed by atoms with E-state index in [1.165, 1.54) is 36.6 Å². The van der Waals surface area contributed by atoms with Crippen molar-refractivity contribution in [2.45, 2.75) is 50.4 Å². The molecule has 3 nitrogen and oxygen atoms in total. The summed E-state index contributed by atoms with van der Waals surface area (Å²) < 4.78 is 27.5. The first-order valence-corrected chi connectivity index (χ1v) is 11.3. The van der Waals surface area contributed by atoms with Crippen LogP contribution in [0, 0.1) is 23.5 Å². The lowest BCUT2D eigenvalue weighted by Crippen LogP contribution is -2.22. The van der Waals surface area contributed by atoms with Crippen LogP contribution in [0.3, 0.4) is 0 Å². The van der Waals surface area contributed by atoms with E-state index < -0.39 is 0 Å². The van der Waals surface area contributed by atoms with Crippen LogP contribution in [0.5, 0.6) is 0 Å². The van der Waals surface area contributed by atoms with Crippen molar-refractivity contribution in [3.05, 3.63) is 71.7 Å². The quantitative estimate of drug-likeness (QED) is 0.394. The van der Waals surface area contributed by atoms with Gasteiger partial charge in [-0.2, -0.15) is 0 Å². The number of hydrogen-bond donors (Lipinski definition) is 1. The average Bonchev–Trinajstić information content (AvgIpc) is 3.52. The maximum atomic E-state index is 13.9. The zero-order chi connectivity index (χ0) is 20.9. The maximum Gasteiger partial charge on any atom is 0.125 e. The van der Waals surface area contributed by atoms with Crippen molar-refractivity contribution in [1.29, 1.82) is 0 Å². The molecule has 1 unspecified atom stereocenters. The third kappa shape index (κ3) is 3.50. The molecule has 0 bridgehead atoms. The fourth-order valence-corrected chi connectivity index (χ4v) is 5.73. The molecule has 0 spiro atoms. The first kappa shape index (κ1) is 18.9. The maximum absolute atomic E-state index is 13.9. The number of nitrogens with zero attached hydrogens (tertiary/aromatic N) is 2. The minimum Gasteiger partial charge on any atom is -0.342 e. The summed E-state index contributed by atoms with van der Waals surface area (Å²) in [4.78, 5) is 12.7. The van der Waals surface area contributed by atoms with Crippen LogP contribution in [0.4, 0.5) is 8.78 Å². The predicted octanol–water partition coefficient (Wildman–Crippen LogP) is 6.86. The molecule has 5 heteroatoms. The first-order valence-electron chi connectivity index (χ1n) is 11.3. The van der Waals surface area contributed by atoms with Gasteiger partial charge in [0.05, 0.1) is 16.6 Å². The highest BCUT2D eigenvalue weighted by molar-refractivity contribution is 5.82. The van der Waals surface area contributed by atoms with Crippen LogP contribution in [-0.4, -0.2) is 15.0 Å². The molecule has 2 aliphatic carbocycles. The second-order valence-electron chi connectivity index (χ2n) is 9.32. The van der Waals surface area contributed by atoms with E-state index in [0.717, 1.165) is 53.4 Å². The van der Waals surface area contributed by atoms with Gasteiger partial charge in [-0.1, -0.05) is 0 Å². The molecule has 2 fully saturated rings. The highest BCUT2D eigenvalue weighted by Crippen LogP contribution is 2.51. The Balaban J connectivity index is 1.25. The minimum atomic E-state index is -0.241. The van der Waals surface area contributed by atoms with E-state index in [4.69, 9.17) is 4.98 Å². The van der Waals surface area contributed by atoms with Crippen LogP contribution in [0.1, 0.15) is 61.7 Å². The van der Waals surface area contributed by atoms with Gasteiger partial charge in [0.15, 0.2) is 0 Å². The number of nitrogens with one attached hydrogen (secondary N) is 1. The standard InChI is InChI=1S/C26H25F2N3/c27-18-7-9-22-21(13-18)20(11-12-29-22)15-1-3-16(4-2-15)25(17-5-6-17)26-30-23-10-8-19(28)14-24(23)31-26/h7-17,25H,1-6H2,(H,30,31). The molecule has 1 atom stereocenters. The summed E-state index contributed by atoms with van der Waals surface area (Å²) in [7, 11) is 0. The molecule has 2 aromatic heterocycles. The molecule has 2 aliphatic rings. The Morgan fingerprint density at radius 2 is 1.52 bits per heavy atom. The number of halogens is 2. The molecule has 2 heterocycles. The zero-order valence-corrected chi connectivity index (χ0v) is 17.3. The Labute approximate surface area is 179 Å². The van der Waals surface area contributed by atoms with Gasteiger partial charge in [0.1, 0.15) is 17.5 Å². The Kier molecular flexibility index (Phi) is 4.51. The topological polar surface area (TPSA) is 41.6 Å². The normalized spacial score (nSPS) is 22.8. The van der Waals surface area contributed by atoms with Gasteiger partial charge in [0.25, 0.3) is 0 Å². The van der Waals surface area contributed by atoms with Crippen molar-refractivity contribution < 1.29 is 8.78 Å². The summed E-state index contributed by atoms with van der Waals surface area (Å²) in [6.07, 6.45) is 8.82. The third-order valence-electron chi connectivity index (χ3n) is 7.37. The van der Waals surface area contributed by atoms with Crippen LogP contribution < -0.4 is 0 Å². The number of H-pyrrole nitrogens is 1. The second-order valence-corrected chi connectivity index (χ2v) is 9.32. The molecular weight excluding hydrogens is 392 g/mol. The third-order valence-corrected chi connectivity index (χ3v) is 7.37. The minimum absolute atomic E-state index is 0.203. The van der Waals surface area contributed by atoms with Crippen molar-refractivity contribution in [3.8, 4) is 0 Å². The van der Waals surface area contributed by atoms with E-state index in [-0.39, 0.29) is 11.6 Å². The van der Waals surface area contributed by atoms with Crippen LogP contribution in [-0.2, 0) is 0 Å². The molecule has 2 saturated carbocycles. The van der Waals surface area contributed by atoms with Gasteiger partial charge in [-0.15, -0.1) is 0 Å². The van der Waals surface area contributed by atoms with E-state index in [9.17, 15) is 8.78 Å². The Hall–Kier alpha value is -2.82. The largest absolute Gasteiger partial charge is 0.342 e. The van der Waals surface area contributed by atoms with Crippen molar-refractivity contribution in [2.24, 2.45) is 11.8 Å². The van der Waals surface area contributed by atoms with Crippen LogP contribution >= 0.6 is 0 Å². The summed E-state index contributed by atoms with van der Waals surface area (Å²) in [5, 5.41) is 0.948. The van der Waals surface area contributed by atoms with Gasteiger partial charge in [0, 0.05) is 23.6 Å². The number of pyridine rings is 1. The van der Waals surface area contributed by atoms with E-state index in [1.54, 1.807) is 18.2 Å². The lowest BCUT2D eigenvalue weighted by atomic mass is 9.72. The SMILES string of the molecule is Fc1ccc2[nH]c(C(C3CCC(c4ccnc5ccc(F)cc45)CC3)C3CC3)nc2c1. The number of benzene rings is 2. The molecule has 0 amide bonds. The molecule has 0 radical (unpaired) electrons. The second kappa shape index (κ2) is 7.40. The zero-order valence-electron chi connectivity index (χ0n) is 17.3. The van der Waals surface area contributed by atoms with Crippen molar-refractivity contribution in [1.82, 2.24) is 15.0 Å². The predicted molar refractivity (Wildman–Crippen MR) is 118 cm³/mol. The molecule has 31 heavy (non-hydrogen) atoms. The smallest absolute Gasteiger partial charge is 0.125 e. The molecule has 6 rings (SSSR count). The summed E-state index contributed by atoms with van der Waals surface area (Å²) in [5.74, 6) is 2.71. The number of aromatic amines is 1. The first-order chi connectivity index (χ1) is 15.2. The number of imidazole rings is 1. The van der Waals surface area contributed by atoms with Gasteiger partial charge >= 0.3 is 0 Å².